The standard InChI is InChI=1S/C15H20O3S/c1-12(11-13-7-5-6-10-15(13)16)19(17,18)14-8-3-2-4-9-14/h2-4,8-9,13,15-16H,1,5-7,10-11H2/t13-,15-/m0/s1. The normalized spacial score (nSPS) is 24.1. The van der Waals surface area contributed by atoms with Crippen LogP contribution >= 0.6 is 0 Å². The number of benzene rings is 1. The van der Waals surface area contributed by atoms with Gasteiger partial charge < -0.3 is 5.11 Å². The molecule has 0 spiro atoms. The summed E-state index contributed by atoms with van der Waals surface area (Å²) in [6.45, 7) is 3.73. The van der Waals surface area contributed by atoms with Crippen molar-refractivity contribution in [2.45, 2.75) is 43.1 Å². The van der Waals surface area contributed by atoms with Crippen LogP contribution in [-0.4, -0.2) is 19.6 Å². The van der Waals surface area contributed by atoms with Crippen LogP contribution in [-0.2, 0) is 9.84 Å². The van der Waals surface area contributed by atoms with Gasteiger partial charge in [-0.05, 0) is 37.3 Å². The molecule has 3 nitrogen and oxygen atoms in total. The first-order valence-corrected chi connectivity index (χ1v) is 8.16. The second kappa shape index (κ2) is 5.88. The van der Waals surface area contributed by atoms with Crippen LogP contribution in [0.2, 0.25) is 0 Å². The summed E-state index contributed by atoms with van der Waals surface area (Å²) in [6, 6.07) is 8.35. The van der Waals surface area contributed by atoms with Gasteiger partial charge in [-0.2, -0.15) is 0 Å². The Morgan fingerprint density at radius 2 is 1.84 bits per heavy atom. The summed E-state index contributed by atoms with van der Waals surface area (Å²) in [5.41, 5.74) is 0. The third kappa shape index (κ3) is 3.25. The second-order valence-electron chi connectivity index (χ2n) is 5.17. The zero-order valence-electron chi connectivity index (χ0n) is 11.0. The minimum absolute atomic E-state index is 0.0275. The van der Waals surface area contributed by atoms with Gasteiger partial charge in [0.1, 0.15) is 0 Å². The molecular weight excluding hydrogens is 260 g/mol. The molecule has 0 aromatic heterocycles. The van der Waals surface area contributed by atoms with Crippen LogP contribution in [0.1, 0.15) is 32.1 Å². The molecule has 4 heteroatoms. The van der Waals surface area contributed by atoms with Gasteiger partial charge >= 0.3 is 0 Å². The van der Waals surface area contributed by atoms with E-state index in [-0.39, 0.29) is 15.7 Å². The molecule has 0 radical (unpaired) electrons. The number of rotatable bonds is 4. The SMILES string of the molecule is C=C(C[C@@H]1CCCC[C@@H]1O)S(=O)(=O)c1ccccc1. The van der Waals surface area contributed by atoms with Crippen LogP contribution < -0.4 is 0 Å². The van der Waals surface area contributed by atoms with Gasteiger partial charge in [0.2, 0.25) is 9.84 Å². The van der Waals surface area contributed by atoms with Crippen LogP contribution in [0.25, 0.3) is 0 Å². The Balaban J connectivity index is 2.11. The van der Waals surface area contributed by atoms with Crippen molar-refractivity contribution in [3.05, 3.63) is 41.8 Å². The highest BCUT2D eigenvalue weighted by Crippen LogP contribution is 2.32. The Morgan fingerprint density at radius 1 is 1.21 bits per heavy atom. The molecule has 19 heavy (non-hydrogen) atoms. The van der Waals surface area contributed by atoms with Crippen LogP contribution in [0.4, 0.5) is 0 Å². The van der Waals surface area contributed by atoms with E-state index < -0.39 is 15.9 Å². The molecular formula is C15H20O3S. The molecule has 104 valence electrons. The number of aliphatic hydroxyl groups is 1. The third-order valence-corrected chi connectivity index (χ3v) is 5.61. The second-order valence-corrected chi connectivity index (χ2v) is 7.23. The average molecular weight is 280 g/mol. The summed E-state index contributed by atoms with van der Waals surface area (Å²) in [4.78, 5) is 0.495. The number of hydrogen-bond donors (Lipinski definition) is 1. The van der Waals surface area contributed by atoms with Crippen LogP contribution in [0.5, 0.6) is 0 Å². The van der Waals surface area contributed by atoms with Crippen LogP contribution in [0, 0.1) is 5.92 Å². The fourth-order valence-electron chi connectivity index (χ4n) is 2.59. The molecule has 1 aromatic rings. The van der Waals surface area contributed by atoms with Gasteiger partial charge in [-0.3, -0.25) is 0 Å². The van der Waals surface area contributed by atoms with Crippen molar-refractivity contribution in [1.82, 2.24) is 0 Å². The van der Waals surface area contributed by atoms with E-state index in [1.165, 1.54) is 0 Å². The summed E-state index contributed by atoms with van der Waals surface area (Å²) in [7, 11) is -3.47. The first kappa shape index (κ1) is 14.3. The molecule has 0 saturated heterocycles. The Morgan fingerprint density at radius 3 is 2.47 bits per heavy atom. The molecule has 0 unspecified atom stereocenters. The van der Waals surface area contributed by atoms with Crippen molar-refractivity contribution in [3.63, 3.8) is 0 Å². The highest BCUT2D eigenvalue weighted by molar-refractivity contribution is 7.95. The minimum Gasteiger partial charge on any atom is -0.393 e. The molecule has 0 amide bonds. The third-order valence-electron chi connectivity index (χ3n) is 3.79. The summed E-state index contributed by atoms with van der Waals surface area (Å²) < 4.78 is 24.7. The van der Waals surface area contributed by atoms with E-state index in [1.807, 2.05) is 0 Å². The lowest BCUT2D eigenvalue weighted by atomic mass is 9.84. The Kier molecular flexibility index (Phi) is 4.42. The number of hydrogen-bond acceptors (Lipinski definition) is 3. The predicted octanol–water partition coefficient (Wildman–Crippen LogP) is 2.92. The predicted molar refractivity (Wildman–Crippen MR) is 75.3 cm³/mol. The first-order chi connectivity index (χ1) is 9.01. The topological polar surface area (TPSA) is 54.4 Å². The lowest BCUT2D eigenvalue weighted by molar-refractivity contribution is 0.0709. The monoisotopic (exact) mass is 280 g/mol. The van der Waals surface area contributed by atoms with Gasteiger partial charge in [-0.15, -0.1) is 0 Å². The summed E-state index contributed by atoms with van der Waals surface area (Å²) >= 11 is 0. The maximum atomic E-state index is 12.3. The number of aliphatic hydroxyl groups excluding tert-OH is 1. The highest BCUT2D eigenvalue weighted by atomic mass is 32.2. The molecule has 2 rings (SSSR count). The summed E-state index contributed by atoms with van der Waals surface area (Å²) in [5.74, 6) is 0.0275. The smallest absolute Gasteiger partial charge is 0.202 e. The average Bonchev–Trinajstić information content (AvgIpc) is 2.42. The van der Waals surface area contributed by atoms with E-state index in [0.29, 0.717) is 6.42 Å². The van der Waals surface area contributed by atoms with Gasteiger partial charge in [-0.25, -0.2) is 8.42 Å². The van der Waals surface area contributed by atoms with E-state index in [0.717, 1.165) is 25.7 Å². The molecule has 1 fully saturated rings. The molecule has 1 saturated carbocycles. The largest absolute Gasteiger partial charge is 0.393 e. The van der Waals surface area contributed by atoms with E-state index in [9.17, 15) is 13.5 Å². The Bertz CT molecular complexity index is 534. The van der Waals surface area contributed by atoms with Crippen LogP contribution in [0.15, 0.2) is 46.7 Å². The van der Waals surface area contributed by atoms with Crippen LogP contribution in [0.3, 0.4) is 0 Å². The molecule has 0 aliphatic heterocycles. The number of sulfone groups is 1. The van der Waals surface area contributed by atoms with Crippen molar-refractivity contribution in [2.24, 2.45) is 5.92 Å². The van der Waals surface area contributed by atoms with Crippen molar-refractivity contribution < 1.29 is 13.5 Å². The number of allylic oxidation sites excluding steroid dienone is 1. The van der Waals surface area contributed by atoms with Crippen molar-refractivity contribution in [2.75, 3.05) is 0 Å². The molecule has 2 atom stereocenters. The van der Waals surface area contributed by atoms with Gasteiger partial charge in [0.15, 0.2) is 0 Å². The van der Waals surface area contributed by atoms with Gasteiger partial charge in [0.05, 0.1) is 11.0 Å². The van der Waals surface area contributed by atoms with Gasteiger partial charge in [0.25, 0.3) is 0 Å². The zero-order valence-corrected chi connectivity index (χ0v) is 11.8. The van der Waals surface area contributed by atoms with E-state index in [4.69, 9.17) is 0 Å². The Labute approximate surface area is 114 Å². The lowest BCUT2D eigenvalue weighted by Gasteiger charge is -2.28. The van der Waals surface area contributed by atoms with E-state index in [1.54, 1.807) is 30.3 Å². The maximum Gasteiger partial charge on any atom is 0.202 e. The molecule has 1 aliphatic rings. The molecule has 1 aliphatic carbocycles. The fraction of sp³-hybridized carbons (Fsp3) is 0.467. The molecule has 1 N–H and O–H groups in total. The lowest BCUT2D eigenvalue weighted by Crippen LogP contribution is -2.25. The molecule has 1 aromatic carbocycles. The highest BCUT2D eigenvalue weighted by Gasteiger charge is 2.27. The summed E-state index contributed by atoms with van der Waals surface area (Å²) in [6.07, 6.45) is 3.69. The summed E-state index contributed by atoms with van der Waals surface area (Å²) in [5, 5.41) is 9.92. The minimum atomic E-state index is -3.47. The van der Waals surface area contributed by atoms with E-state index in [2.05, 4.69) is 6.58 Å². The maximum absolute atomic E-state index is 12.3. The van der Waals surface area contributed by atoms with Crippen molar-refractivity contribution in [1.29, 1.82) is 0 Å². The fourth-order valence-corrected chi connectivity index (χ4v) is 3.88. The zero-order chi connectivity index (χ0) is 13.9. The van der Waals surface area contributed by atoms with Crippen molar-refractivity contribution in [3.8, 4) is 0 Å². The first-order valence-electron chi connectivity index (χ1n) is 6.68. The molecule has 0 heterocycles. The molecule has 0 bridgehead atoms. The Hall–Kier alpha value is -1.13. The quantitative estimate of drug-likeness (QED) is 0.922. The van der Waals surface area contributed by atoms with Crippen molar-refractivity contribution >= 4 is 9.84 Å². The van der Waals surface area contributed by atoms with Gasteiger partial charge in [0, 0.05) is 4.91 Å². The van der Waals surface area contributed by atoms with Gasteiger partial charge in [-0.1, -0.05) is 37.6 Å². The van der Waals surface area contributed by atoms with E-state index >= 15 is 0 Å².